The third-order valence-electron chi connectivity index (χ3n) is 3.98. The average molecular weight is 427 g/mol. The van der Waals surface area contributed by atoms with E-state index in [4.69, 9.17) is 32.7 Å². The molecule has 2 heterocycles. The zero-order valence-corrected chi connectivity index (χ0v) is 17.0. The highest BCUT2D eigenvalue weighted by Crippen LogP contribution is 2.28. The number of carbonyl (C=O) groups excluding carboxylic acids is 1. The molecule has 0 amide bonds. The lowest BCUT2D eigenvalue weighted by Crippen LogP contribution is -2.21. The number of hydrogen-bond acceptors (Lipinski definition) is 6. The van der Waals surface area contributed by atoms with Gasteiger partial charge in [0.25, 0.3) is 5.56 Å². The molecule has 3 rings (SSSR count). The van der Waals surface area contributed by atoms with Crippen molar-refractivity contribution in [3.8, 4) is 0 Å². The summed E-state index contributed by atoms with van der Waals surface area (Å²) < 4.78 is 11.5. The van der Waals surface area contributed by atoms with Crippen LogP contribution in [-0.4, -0.2) is 35.8 Å². The Morgan fingerprint density at radius 1 is 1.30 bits per heavy atom. The van der Waals surface area contributed by atoms with E-state index in [2.05, 4.69) is 4.98 Å². The van der Waals surface area contributed by atoms with E-state index >= 15 is 0 Å². The fourth-order valence-corrected chi connectivity index (χ4v) is 4.08. The van der Waals surface area contributed by atoms with Gasteiger partial charge in [-0.15, -0.1) is 11.3 Å². The zero-order chi connectivity index (χ0) is 19.6. The van der Waals surface area contributed by atoms with Crippen molar-refractivity contribution in [2.45, 2.75) is 13.5 Å². The molecule has 0 aliphatic heterocycles. The van der Waals surface area contributed by atoms with Gasteiger partial charge in [-0.25, -0.2) is 9.78 Å². The first kappa shape index (κ1) is 19.8. The molecular weight excluding hydrogens is 411 g/mol. The van der Waals surface area contributed by atoms with Crippen molar-refractivity contribution in [3.63, 3.8) is 0 Å². The Kier molecular flexibility index (Phi) is 6.16. The summed E-state index contributed by atoms with van der Waals surface area (Å²) >= 11 is 13.3. The molecule has 142 valence electrons. The first-order valence-electron chi connectivity index (χ1n) is 8.01. The van der Waals surface area contributed by atoms with E-state index in [0.717, 1.165) is 16.9 Å². The van der Waals surface area contributed by atoms with Crippen LogP contribution < -0.4 is 5.56 Å². The standard InChI is InChI=1S/C18H16Cl2N2O4S/c1-10-14-16(27-15(10)18(24)26-6-5-25-2)21-9-22(17(14)23)8-11-3-4-12(19)7-13(11)20/h3-4,7,9H,5-6,8H2,1-2H3. The number of esters is 1. The minimum absolute atomic E-state index is 0.149. The molecule has 0 unspecified atom stereocenters. The highest BCUT2D eigenvalue weighted by Gasteiger charge is 2.20. The van der Waals surface area contributed by atoms with Gasteiger partial charge in [-0.1, -0.05) is 29.3 Å². The van der Waals surface area contributed by atoms with Crippen LogP contribution in [0.3, 0.4) is 0 Å². The number of ether oxygens (including phenoxy) is 2. The minimum atomic E-state index is -0.487. The molecule has 6 nitrogen and oxygen atoms in total. The number of carbonyl (C=O) groups is 1. The molecule has 0 fully saturated rings. The highest BCUT2D eigenvalue weighted by molar-refractivity contribution is 7.20. The molecule has 0 saturated carbocycles. The van der Waals surface area contributed by atoms with Gasteiger partial charge in [0.1, 0.15) is 16.3 Å². The van der Waals surface area contributed by atoms with Crippen LogP contribution in [0.1, 0.15) is 20.8 Å². The largest absolute Gasteiger partial charge is 0.459 e. The third-order valence-corrected chi connectivity index (χ3v) is 5.75. The molecular formula is C18H16Cl2N2O4S. The number of rotatable bonds is 6. The molecule has 0 spiro atoms. The van der Waals surface area contributed by atoms with Gasteiger partial charge in [0.2, 0.25) is 0 Å². The lowest BCUT2D eigenvalue weighted by atomic mass is 10.2. The van der Waals surface area contributed by atoms with Crippen molar-refractivity contribution >= 4 is 50.7 Å². The molecule has 2 aromatic heterocycles. The van der Waals surface area contributed by atoms with Crippen molar-refractivity contribution in [1.82, 2.24) is 9.55 Å². The van der Waals surface area contributed by atoms with Crippen LogP contribution in [0.4, 0.5) is 0 Å². The number of benzene rings is 1. The second-order valence-corrected chi connectivity index (χ2v) is 7.62. The van der Waals surface area contributed by atoms with Crippen LogP contribution in [0.25, 0.3) is 10.2 Å². The normalized spacial score (nSPS) is 11.1. The van der Waals surface area contributed by atoms with Crippen molar-refractivity contribution in [2.75, 3.05) is 20.3 Å². The number of thiophene rings is 1. The molecule has 1 aromatic carbocycles. The summed E-state index contributed by atoms with van der Waals surface area (Å²) in [5.74, 6) is -0.487. The Morgan fingerprint density at radius 2 is 2.07 bits per heavy atom. The highest BCUT2D eigenvalue weighted by atomic mass is 35.5. The monoisotopic (exact) mass is 426 g/mol. The van der Waals surface area contributed by atoms with E-state index in [0.29, 0.717) is 37.3 Å². The Labute approximate surface area is 169 Å². The van der Waals surface area contributed by atoms with Crippen LogP contribution >= 0.6 is 34.5 Å². The molecule has 0 N–H and O–H groups in total. The Morgan fingerprint density at radius 3 is 2.78 bits per heavy atom. The van der Waals surface area contributed by atoms with Crippen LogP contribution in [0.5, 0.6) is 0 Å². The number of fused-ring (bicyclic) bond motifs is 1. The number of aryl methyl sites for hydroxylation is 1. The summed E-state index contributed by atoms with van der Waals surface area (Å²) in [7, 11) is 1.53. The molecule has 9 heteroatoms. The first-order valence-corrected chi connectivity index (χ1v) is 9.58. The molecule has 0 saturated heterocycles. The number of aromatic nitrogens is 2. The van der Waals surface area contributed by atoms with Crippen LogP contribution in [-0.2, 0) is 16.0 Å². The van der Waals surface area contributed by atoms with Crippen LogP contribution in [0.15, 0.2) is 29.3 Å². The third kappa shape index (κ3) is 4.16. The van der Waals surface area contributed by atoms with Crippen molar-refractivity contribution in [2.24, 2.45) is 0 Å². The smallest absolute Gasteiger partial charge is 0.348 e. The summed E-state index contributed by atoms with van der Waals surface area (Å²) in [6.45, 7) is 2.42. The Bertz CT molecular complexity index is 1060. The maximum Gasteiger partial charge on any atom is 0.348 e. The second-order valence-electron chi connectivity index (χ2n) is 5.78. The van der Waals surface area contributed by atoms with Crippen molar-refractivity contribution in [1.29, 1.82) is 0 Å². The van der Waals surface area contributed by atoms with Crippen LogP contribution in [0.2, 0.25) is 10.0 Å². The lowest BCUT2D eigenvalue weighted by molar-refractivity contribution is 0.0393. The molecule has 3 aromatic rings. The SMILES string of the molecule is COCCOC(=O)c1sc2ncn(Cc3ccc(Cl)cc3Cl)c(=O)c2c1C. The molecule has 0 atom stereocenters. The van der Waals surface area contributed by atoms with Gasteiger partial charge in [0, 0.05) is 17.2 Å². The average Bonchev–Trinajstić information content (AvgIpc) is 2.97. The van der Waals surface area contributed by atoms with Gasteiger partial charge < -0.3 is 9.47 Å². The molecule has 0 aliphatic rings. The zero-order valence-electron chi connectivity index (χ0n) is 14.6. The van der Waals surface area contributed by atoms with E-state index in [1.165, 1.54) is 18.0 Å². The first-order chi connectivity index (χ1) is 12.9. The summed E-state index contributed by atoms with van der Waals surface area (Å²) in [6, 6.07) is 5.10. The van der Waals surface area contributed by atoms with Gasteiger partial charge in [0.05, 0.1) is 24.9 Å². The van der Waals surface area contributed by atoms with E-state index < -0.39 is 5.97 Å². The molecule has 27 heavy (non-hydrogen) atoms. The van der Waals surface area contributed by atoms with E-state index in [9.17, 15) is 9.59 Å². The molecule has 0 aliphatic carbocycles. The fraction of sp³-hybridized carbons (Fsp3) is 0.278. The van der Waals surface area contributed by atoms with Gasteiger partial charge in [0.15, 0.2) is 0 Å². The van der Waals surface area contributed by atoms with Crippen molar-refractivity contribution in [3.05, 3.63) is 60.9 Å². The summed E-state index contributed by atoms with van der Waals surface area (Å²) in [5.41, 5.74) is 1.07. The maximum atomic E-state index is 12.9. The quantitative estimate of drug-likeness (QED) is 0.441. The summed E-state index contributed by atoms with van der Waals surface area (Å²) in [4.78, 5) is 30.3. The molecule has 0 bridgehead atoms. The van der Waals surface area contributed by atoms with Gasteiger partial charge in [-0.05, 0) is 30.2 Å². The predicted molar refractivity (Wildman–Crippen MR) is 106 cm³/mol. The number of hydrogen-bond donors (Lipinski definition) is 0. The van der Waals surface area contributed by atoms with Gasteiger partial charge in [-0.2, -0.15) is 0 Å². The maximum absolute atomic E-state index is 12.9. The second kappa shape index (κ2) is 8.39. The summed E-state index contributed by atoms with van der Waals surface area (Å²) in [6.07, 6.45) is 1.45. The summed E-state index contributed by atoms with van der Waals surface area (Å²) in [5, 5.41) is 1.40. The van der Waals surface area contributed by atoms with Crippen molar-refractivity contribution < 1.29 is 14.3 Å². The minimum Gasteiger partial charge on any atom is -0.459 e. The van der Waals surface area contributed by atoms with E-state index in [1.54, 1.807) is 25.1 Å². The number of methoxy groups -OCH3 is 1. The Balaban J connectivity index is 1.96. The topological polar surface area (TPSA) is 70.4 Å². The number of nitrogens with zero attached hydrogens (tertiary/aromatic N) is 2. The van der Waals surface area contributed by atoms with E-state index in [1.807, 2.05) is 0 Å². The lowest BCUT2D eigenvalue weighted by Gasteiger charge is -2.08. The van der Waals surface area contributed by atoms with Gasteiger partial charge >= 0.3 is 5.97 Å². The molecule has 0 radical (unpaired) electrons. The van der Waals surface area contributed by atoms with Gasteiger partial charge in [-0.3, -0.25) is 9.36 Å². The van der Waals surface area contributed by atoms with Crippen LogP contribution in [0, 0.1) is 6.92 Å². The Hall–Kier alpha value is -1.93. The van der Waals surface area contributed by atoms with E-state index in [-0.39, 0.29) is 18.7 Å². The fourth-order valence-electron chi connectivity index (χ4n) is 2.58. The number of halogens is 2. The predicted octanol–water partition coefficient (Wildman–Crippen LogP) is 3.92.